The highest BCUT2D eigenvalue weighted by Crippen LogP contribution is 2.35. The highest BCUT2D eigenvalue weighted by molar-refractivity contribution is 6.00. The van der Waals surface area contributed by atoms with Crippen LogP contribution in [0.4, 0.5) is 10.1 Å². The lowest BCUT2D eigenvalue weighted by Crippen LogP contribution is -2.09. The Morgan fingerprint density at radius 3 is 2.66 bits per heavy atom. The summed E-state index contributed by atoms with van der Waals surface area (Å²) in [6, 6.07) is 19.2. The Kier molecular flexibility index (Phi) is 5.03. The summed E-state index contributed by atoms with van der Waals surface area (Å²) in [6.45, 7) is 4.21. The SMILES string of the molecule is CC(C)Nc1cncc(-c2ccc3[nH]nc(-c4cc5c(-c6cccc(F)c6)ccnc5[nH]4)c3c2)c1. The van der Waals surface area contributed by atoms with Gasteiger partial charge in [0.2, 0.25) is 0 Å². The van der Waals surface area contributed by atoms with Gasteiger partial charge in [-0.3, -0.25) is 10.1 Å². The molecular formula is C28H23FN6. The summed E-state index contributed by atoms with van der Waals surface area (Å²) in [5.74, 6) is -0.267. The molecule has 3 N–H and O–H groups in total. The Bertz CT molecular complexity index is 1680. The van der Waals surface area contributed by atoms with E-state index in [4.69, 9.17) is 0 Å². The zero-order valence-corrected chi connectivity index (χ0v) is 19.3. The van der Waals surface area contributed by atoms with E-state index in [2.05, 4.69) is 62.5 Å². The van der Waals surface area contributed by atoms with Gasteiger partial charge >= 0.3 is 0 Å². The summed E-state index contributed by atoms with van der Waals surface area (Å²) in [7, 11) is 0. The number of anilines is 1. The third-order valence-electron chi connectivity index (χ3n) is 6.01. The molecule has 6 aromatic rings. The minimum absolute atomic E-state index is 0.267. The van der Waals surface area contributed by atoms with Gasteiger partial charge in [-0.05, 0) is 73.0 Å². The number of hydrogen-bond donors (Lipinski definition) is 3. The second-order valence-electron chi connectivity index (χ2n) is 8.91. The third-order valence-corrected chi connectivity index (χ3v) is 6.01. The fourth-order valence-electron chi connectivity index (χ4n) is 4.47. The van der Waals surface area contributed by atoms with Crippen molar-refractivity contribution in [3.63, 3.8) is 0 Å². The van der Waals surface area contributed by atoms with Crippen molar-refractivity contribution >= 4 is 27.6 Å². The molecule has 0 saturated carbocycles. The van der Waals surface area contributed by atoms with Crippen LogP contribution >= 0.6 is 0 Å². The molecule has 0 amide bonds. The number of pyridine rings is 2. The highest BCUT2D eigenvalue weighted by Gasteiger charge is 2.15. The van der Waals surface area contributed by atoms with Crippen LogP contribution in [0.25, 0.3) is 55.6 Å². The van der Waals surface area contributed by atoms with Crippen LogP contribution in [0.15, 0.2) is 79.3 Å². The first kappa shape index (κ1) is 21.0. The van der Waals surface area contributed by atoms with Crippen molar-refractivity contribution in [1.29, 1.82) is 0 Å². The third kappa shape index (κ3) is 3.91. The highest BCUT2D eigenvalue weighted by atomic mass is 19.1. The standard InChI is InChI=1S/C28H23FN6/c1-16(2)32-21-11-19(14-30-15-21)17-6-7-25-24(12-17)27(35-34-25)26-13-23-22(8-9-31-28(23)33-26)18-4-3-5-20(29)10-18/h3-16,32H,1-2H3,(H,31,33)(H,34,35). The number of rotatable bonds is 5. The Morgan fingerprint density at radius 2 is 1.80 bits per heavy atom. The van der Waals surface area contributed by atoms with Crippen LogP contribution < -0.4 is 5.32 Å². The van der Waals surface area contributed by atoms with Crippen molar-refractivity contribution < 1.29 is 4.39 Å². The van der Waals surface area contributed by atoms with Crippen LogP contribution in [0, 0.1) is 5.82 Å². The summed E-state index contributed by atoms with van der Waals surface area (Å²) >= 11 is 0. The monoisotopic (exact) mass is 462 g/mol. The first-order chi connectivity index (χ1) is 17.0. The zero-order valence-electron chi connectivity index (χ0n) is 19.3. The smallest absolute Gasteiger partial charge is 0.138 e. The van der Waals surface area contributed by atoms with Gasteiger partial charge in [0.1, 0.15) is 17.2 Å². The van der Waals surface area contributed by atoms with E-state index < -0.39 is 0 Å². The molecule has 0 unspecified atom stereocenters. The van der Waals surface area contributed by atoms with Gasteiger partial charge < -0.3 is 10.3 Å². The van der Waals surface area contributed by atoms with Gasteiger partial charge in [-0.25, -0.2) is 9.37 Å². The molecule has 0 atom stereocenters. The van der Waals surface area contributed by atoms with E-state index in [1.807, 2.05) is 36.7 Å². The van der Waals surface area contributed by atoms with Crippen molar-refractivity contribution in [2.45, 2.75) is 19.9 Å². The Labute approximate surface area is 201 Å². The van der Waals surface area contributed by atoms with Gasteiger partial charge in [0, 0.05) is 41.0 Å². The van der Waals surface area contributed by atoms with Crippen LogP contribution in [-0.4, -0.2) is 31.2 Å². The lowest BCUT2D eigenvalue weighted by molar-refractivity contribution is 0.628. The van der Waals surface area contributed by atoms with Gasteiger partial charge in [0.05, 0.1) is 16.9 Å². The van der Waals surface area contributed by atoms with E-state index in [-0.39, 0.29) is 5.82 Å². The molecule has 2 aromatic carbocycles. The summed E-state index contributed by atoms with van der Waals surface area (Å²) in [6.07, 6.45) is 5.43. The molecule has 0 spiro atoms. The van der Waals surface area contributed by atoms with Crippen LogP contribution in [-0.2, 0) is 0 Å². The average Bonchev–Trinajstić information content (AvgIpc) is 3.47. The normalized spacial score (nSPS) is 11.5. The summed E-state index contributed by atoms with van der Waals surface area (Å²) in [4.78, 5) is 12.3. The molecule has 0 fully saturated rings. The van der Waals surface area contributed by atoms with E-state index in [1.165, 1.54) is 12.1 Å². The Morgan fingerprint density at radius 1 is 0.886 bits per heavy atom. The van der Waals surface area contributed by atoms with Gasteiger partial charge in [-0.2, -0.15) is 5.10 Å². The quantitative estimate of drug-likeness (QED) is 0.263. The van der Waals surface area contributed by atoms with Gasteiger partial charge in [-0.1, -0.05) is 18.2 Å². The summed E-state index contributed by atoms with van der Waals surface area (Å²) < 4.78 is 13.9. The lowest BCUT2D eigenvalue weighted by Gasteiger charge is -2.11. The molecule has 6 nitrogen and oxygen atoms in total. The predicted molar refractivity (Wildman–Crippen MR) is 139 cm³/mol. The largest absolute Gasteiger partial charge is 0.382 e. The topological polar surface area (TPSA) is 82.3 Å². The number of aromatic amines is 2. The van der Waals surface area contributed by atoms with E-state index in [0.717, 1.165) is 61.3 Å². The van der Waals surface area contributed by atoms with Crippen LogP contribution in [0.2, 0.25) is 0 Å². The molecule has 4 heterocycles. The molecule has 172 valence electrons. The van der Waals surface area contributed by atoms with Crippen molar-refractivity contribution in [3.8, 4) is 33.6 Å². The van der Waals surface area contributed by atoms with Gasteiger partial charge in [0.25, 0.3) is 0 Å². The molecule has 7 heteroatoms. The van der Waals surface area contributed by atoms with Crippen molar-refractivity contribution in [2.75, 3.05) is 5.32 Å². The molecule has 0 radical (unpaired) electrons. The molecule has 0 aliphatic carbocycles. The maximum absolute atomic E-state index is 13.9. The maximum Gasteiger partial charge on any atom is 0.138 e. The number of H-pyrrole nitrogens is 2. The number of fused-ring (bicyclic) bond motifs is 2. The molecule has 0 aliphatic rings. The number of benzene rings is 2. The average molecular weight is 463 g/mol. The second kappa shape index (κ2) is 8.36. The molecule has 0 saturated heterocycles. The van der Waals surface area contributed by atoms with Crippen molar-refractivity contribution in [3.05, 3.63) is 85.1 Å². The second-order valence-corrected chi connectivity index (χ2v) is 8.91. The number of nitrogens with zero attached hydrogens (tertiary/aromatic N) is 3. The number of nitrogens with one attached hydrogen (secondary N) is 3. The molecule has 35 heavy (non-hydrogen) atoms. The molecule has 6 rings (SSSR count). The van der Waals surface area contributed by atoms with Gasteiger partial charge in [-0.15, -0.1) is 0 Å². The first-order valence-corrected chi connectivity index (χ1v) is 11.5. The molecular weight excluding hydrogens is 439 g/mol. The van der Waals surface area contributed by atoms with Crippen molar-refractivity contribution in [2.24, 2.45) is 0 Å². The maximum atomic E-state index is 13.9. The molecule has 4 aromatic heterocycles. The molecule has 0 aliphatic heterocycles. The number of aromatic nitrogens is 5. The van der Waals surface area contributed by atoms with Crippen LogP contribution in [0.1, 0.15) is 13.8 Å². The van der Waals surface area contributed by atoms with Crippen LogP contribution in [0.5, 0.6) is 0 Å². The first-order valence-electron chi connectivity index (χ1n) is 11.5. The van der Waals surface area contributed by atoms with Crippen molar-refractivity contribution in [1.82, 2.24) is 25.1 Å². The summed E-state index contributed by atoms with van der Waals surface area (Å²) in [5.41, 5.74) is 8.08. The van der Waals surface area contributed by atoms with E-state index >= 15 is 0 Å². The Hall–Kier alpha value is -4.52. The number of hydrogen-bond acceptors (Lipinski definition) is 4. The lowest BCUT2D eigenvalue weighted by atomic mass is 10.0. The van der Waals surface area contributed by atoms with E-state index in [1.54, 1.807) is 12.3 Å². The molecule has 0 bridgehead atoms. The fraction of sp³-hybridized carbons (Fsp3) is 0.107. The van der Waals surface area contributed by atoms with Crippen LogP contribution in [0.3, 0.4) is 0 Å². The minimum atomic E-state index is -0.267. The van der Waals surface area contributed by atoms with E-state index in [0.29, 0.717) is 6.04 Å². The minimum Gasteiger partial charge on any atom is -0.382 e. The van der Waals surface area contributed by atoms with Gasteiger partial charge in [0.15, 0.2) is 0 Å². The van der Waals surface area contributed by atoms with E-state index in [9.17, 15) is 4.39 Å². The summed E-state index contributed by atoms with van der Waals surface area (Å²) in [5, 5.41) is 13.0. The fourth-order valence-corrected chi connectivity index (χ4v) is 4.47. The Balaban J connectivity index is 1.45. The number of halogens is 1. The zero-order chi connectivity index (χ0) is 23.9. The predicted octanol–water partition coefficient (Wildman–Crippen LogP) is 6.79.